The van der Waals surface area contributed by atoms with Gasteiger partial charge in [0, 0.05) is 25.6 Å². The van der Waals surface area contributed by atoms with Gasteiger partial charge in [-0.25, -0.2) is 4.68 Å². The third-order valence-corrected chi connectivity index (χ3v) is 5.53. The lowest BCUT2D eigenvalue weighted by Gasteiger charge is -2.34. The Kier molecular flexibility index (Phi) is 6.63. The number of aromatic nitrogens is 3. The van der Waals surface area contributed by atoms with Crippen molar-refractivity contribution in [3.05, 3.63) is 41.7 Å². The number of carbonyl (C=O) groups excluding carboxylic acids is 3. The van der Waals surface area contributed by atoms with Crippen molar-refractivity contribution in [1.82, 2.24) is 25.2 Å². The molecule has 0 spiro atoms. The molecule has 1 aromatic heterocycles. The highest BCUT2D eigenvalue weighted by Crippen LogP contribution is 2.34. The number of methoxy groups -OCH3 is 1. The molecule has 32 heavy (non-hydrogen) atoms. The number of ketones is 1. The van der Waals surface area contributed by atoms with Crippen LogP contribution < -0.4 is 10.1 Å². The van der Waals surface area contributed by atoms with Gasteiger partial charge < -0.3 is 20.1 Å². The van der Waals surface area contributed by atoms with E-state index in [1.807, 2.05) is 20.8 Å². The summed E-state index contributed by atoms with van der Waals surface area (Å²) < 4.78 is 6.48. The Morgan fingerprint density at radius 3 is 2.44 bits per heavy atom. The van der Waals surface area contributed by atoms with Crippen molar-refractivity contribution in [1.29, 1.82) is 0 Å². The van der Waals surface area contributed by atoms with Crippen LogP contribution in [0, 0.1) is 5.41 Å². The van der Waals surface area contributed by atoms with Crippen LogP contribution in [0.1, 0.15) is 49.3 Å². The molecule has 0 bridgehead atoms. The van der Waals surface area contributed by atoms with Crippen molar-refractivity contribution in [3.63, 3.8) is 0 Å². The molecule has 0 aliphatic carbocycles. The van der Waals surface area contributed by atoms with Gasteiger partial charge in [0.1, 0.15) is 17.8 Å². The van der Waals surface area contributed by atoms with Crippen LogP contribution in [-0.2, 0) is 9.59 Å². The summed E-state index contributed by atoms with van der Waals surface area (Å²) in [6.45, 7) is 5.65. The number of likely N-dealkylation sites (N-methyl/N-ethyl adjacent to an activating group) is 1. The summed E-state index contributed by atoms with van der Waals surface area (Å²) >= 11 is 0. The van der Waals surface area contributed by atoms with Gasteiger partial charge in [-0.1, -0.05) is 26.0 Å². The van der Waals surface area contributed by atoms with Crippen molar-refractivity contribution in [2.45, 2.75) is 45.4 Å². The summed E-state index contributed by atoms with van der Waals surface area (Å²) in [7, 11) is 3.03. The summed E-state index contributed by atoms with van der Waals surface area (Å²) in [5.74, 6) is -0.409. The summed E-state index contributed by atoms with van der Waals surface area (Å²) in [6, 6.07) is 5.02. The van der Waals surface area contributed by atoms with E-state index >= 15 is 0 Å². The fourth-order valence-electron chi connectivity index (χ4n) is 3.91. The topological polar surface area (TPSA) is 127 Å². The number of ether oxygens (including phenoxy) is 1. The molecule has 0 radical (unpaired) electrons. The number of benzene rings is 1. The molecule has 0 saturated carbocycles. The minimum atomic E-state index is -0.829. The Balaban J connectivity index is 1.90. The molecule has 3 atom stereocenters. The molecule has 2 heterocycles. The standard InChI is InChI=1S/C22H29N5O5/c1-22(2,3)19(21(31)26-11-14(28)10-17(26)20(30)23-4)27-12-16(24-25-27)18(29)13-6-8-15(32-5)9-7-13/h6-9,12,14,17,19,28H,10-11H2,1-5H3,(H,23,30)/t14-,17+,19-/m1/s1. The lowest BCUT2D eigenvalue weighted by atomic mass is 9.85. The molecular formula is C22H29N5O5. The molecule has 1 aliphatic heterocycles. The van der Waals surface area contributed by atoms with E-state index in [-0.39, 0.29) is 36.3 Å². The third kappa shape index (κ3) is 4.64. The van der Waals surface area contributed by atoms with Gasteiger partial charge >= 0.3 is 0 Å². The SMILES string of the molecule is CNC(=O)[C@@H]1C[C@@H](O)CN1C(=O)[C@@H](n1cc(C(=O)c2ccc(OC)cc2)nn1)C(C)(C)C. The summed E-state index contributed by atoms with van der Waals surface area (Å²) in [6.07, 6.45) is 0.827. The number of nitrogens with zero attached hydrogens (tertiary/aromatic N) is 4. The number of nitrogens with one attached hydrogen (secondary N) is 1. The molecule has 172 valence electrons. The molecule has 1 saturated heterocycles. The molecule has 2 amide bonds. The number of likely N-dealkylation sites (tertiary alicyclic amines) is 1. The van der Waals surface area contributed by atoms with E-state index in [9.17, 15) is 19.5 Å². The van der Waals surface area contributed by atoms with E-state index in [4.69, 9.17) is 4.74 Å². The van der Waals surface area contributed by atoms with Crippen LogP contribution in [0.15, 0.2) is 30.5 Å². The van der Waals surface area contributed by atoms with E-state index in [0.717, 1.165) is 0 Å². The van der Waals surface area contributed by atoms with Gasteiger partial charge in [0.25, 0.3) is 0 Å². The quantitative estimate of drug-likeness (QED) is 0.633. The molecule has 2 N–H and O–H groups in total. The first-order chi connectivity index (χ1) is 15.1. The van der Waals surface area contributed by atoms with E-state index in [2.05, 4.69) is 15.6 Å². The average Bonchev–Trinajstić information content (AvgIpc) is 3.38. The van der Waals surface area contributed by atoms with Gasteiger partial charge in [-0.05, 0) is 29.7 Å². The number of aliphatic hydroxyl groups is 1. The van der Waals surface area contributed by atoms with Gasteiger partial charge in [-0.15, -0.1) is 5.10 Å². The Hall–Kier alpha value is -3.27. The molecule has 1 aromatic carbocycles. The van der Waals surface area contributed by atoms with Crippen LogP contribution >= 0.6 is 0 Å². The van der Waals surface area contributed by atoms with E-state index in [1.165, 1.54) is 22.8 Å². The third-order valence-electron chi connectivity index (χ3n) is 5.53. The predicted octanol–water partition coefficient (Wildman–Crippen LogP) is 0.813. The largest absolute Gasteiger partial charge is 0.497 e. The Bertz CT molecular complexity index is 995. The number of β-amino-alcohol motifs (C(OH)–C–C–N with tert-alkyl or cyclic N) is 1. The molecule has 10 heteroatoms. The fourth-order valence-corrected chi connectivity index (χ4v) is 3.91. The molecule has 0 unspecified atom stereocenters. The molecule has 1 fully saturated rings. The van der Waals surface area contributed by atoms with Crippen molar-refractivity contribution in [2.75, 3.05) is 20.7 Å². The first kappa shape index (κ1) is 23.4. The maximum absolute atomic E-state index is 13.5. The second-order valence-electron chi connectivity index (χ2n) is 8.92. The summed E-state index contributed by atoms with van der Waals surface area (Å²) in [4.78, 5) is 40.0. The van der Waals surface area contributed by atoms with E-state index < -0.39 is 23.6 Å². The maximum Gasteiger partial charge on any atom is 0.248 e. The van der Waals surface area contributed by atoms with E-state index in [1.54, 1.807) is 31.4 Å². The highest BCUT2D eigenvalue weighted by atomic mass is 16.5. The van der Waals surface area contributed by atoms with Crippen LogP contribution in [0.2, 0.25) is 0 Å². The number of carbonyl (C=O) groups is 3. The monoisotopic (exact) mass is 443 g/mol. The number of rotatable bonds is 6. The first-order valence-electron chi connectivity index (χ1n) is 10.4. The van der Waals surface area contributed by atoms with Crippen molar-refractivity contribution >= 4 is 17.6 Å². The molecule has 2 aromatic rings. The number of hydrogen-bond donors (Lipinski definition) is 2. The minimum Gasteiger partial charge on any atom is -0.497 e. The predicted molar refractivity (Wildman–Crippen MR) is 115 cm³/mol. The highest BCUT2D eigenvalue weighted by Gasteiger charge is 2.45. The summed E-state index contributed by atoms with van der Waals surface area (Å²) in [5.41, 5.74) is -0.0909. The Labute approximate surface area is 186 Å². The number of aliphatic hydroxyl groups excluding tert-OH is 1. The highest BCUT2D eigenvalue weighted by molar-refractivity contribution is 6.07. The lowest BCUT2D eigenvalue weighted by molar-refractivity contribution is -0.144. The number of amides is 2. The Morgan fingerprint density at radius 2 is 1.88 bits per heavy atom. The lowest BCUT2D eigenvalue weighted by Crippen LogP contribution is -2.49. The minimum absolute atomic E-state index is 0.0514. The van der Waals surface area contributed by atoms with Gasteiger partial charge in [-0.3, -0.25) is 14.4 Å². The van der Waals surface area contributed by atoms with Crippen LogP contribution in [-0.4, -0.2) is 75.4 Å². The van der Waals surface area contributed by atoms with Gasteiger partial charge in [0.15, 0.2) is 5.69 Å². The second kappa shape index (κ2) is 9.07. The molecule has 1 aliphatic rings. The van der Waals surface area contributed by atoms with Crippen molar-refractivity contribution in [3.8, 4) is 5.75 Å². The van der Waals surface area contributed by atoms with Crippen molar-refractivity contribution < 1.29 is 24.2 Å². The van der Waals surface area contributed by atoms with Gasteiger partial charge in [0.2, 0.25) is 17.6 Å². The summed E-state index contributed by atoms with van der Waals surface area (Å²) in [5, 5.41) is 20.7. The number of hydrogen-bond acceptors (Lipinski definition) is 7. The van der Waals surface area contributed by atoms with E-state index in [0.29, 0.717) is 11.3 Å². The van der Waals surface area contributed by atoms with Crippen LogP contribution in [0.3, 0.4) is 0 Å². The normalized spacial score (nSPS) is 19.5. The smallest absolute Gasteiger partial charge is 0.248 e. The van der Waals surface area contributed by atoms with Crippen molar-refractivity contribution in [2.24, 2.45) is 5.41 Å². The van der Waals surface area contributed by atoms with Crippen LogP contribution in [0.4, 0.5) is 0 Å². The zero-order chi connectivity index (χ0) is 23.6. The fraction of sp³-hybridized carbons (Fsp3) is 0.500. The molecule has 10 nitrogen and oxygen atoms in total. The average molecular weight is 444 g/mol. The maximum atomic E-state index is 13.5. The first-order valence-corrected chi connectivity index (χ1v) is 10.4. The van der Waals surface area contributed by atoms with Crippen LogP contribution in [0.25, 0.3) is 0 Å². The second-order valence-corrected chi connectivity index (χ2v) is 8.92. The zero-order valence-electron chi connectivity index (χ0n) is 18.9. The molecule has 3 rings (SSSR count). The van der Waals surface area contributed by atoms with Gasteiger partial charge in [-0.2, -0.15) is 0 Å². The van der Waals surface area contributed by atoms with Crippen LogP contribution in [0.5, 0.6) is 5.75 Å². The molecular weight excluding hydrogens is 414 g/mol. The van der Waals surface area contributed by atoms with Gasteiger partial charge in [0.05, 0.1) is 19.4 Å². The zero-order valence-corrected chi connectivity index (χ0v) is 18.9. The Morgan fingerprint density at radius 1 is 1.22 bits per heavy atom.